The summed E-state index contributed by atoms with van der Waals surface area (Å²) in [5.74, 6) is 1.86. The SMILES string of the molecule is COc1ccccc1OC(C)CN=C(N)NC(C)C. The van der Waals surface area contributed by atoms with E-state index in [0.717, 1.165) is 0 Å². The van der Waals surface area contributed by atoms with Crippen LogP contribution in [0.15, 0.2) is 29.3 Å². The van der Waals surface area contributed by atoms with Gasteiger partial charge < -0.3 is 20.5 Å². The fraction of sp³-hybridized carbons (Fsp3) is 0.500. The van der Waals surface area contributed by atoms with Crippen LogP contribution in [0.25, 0.3) is 0 Å². The number of guanidine groups is 1. The predicted octanol–water partition coefficient (Wildman–Crippen LogP) is 1.78. The van der Waals surface area contributed by atoms with Crippen LogP contribution in [0.2, 0.25) is 0 Å². The topological polar surface area (TPSA) is 68.9 Å². The molecule has 0 saturated heterocycles. The maximum Gasteiger partial charge on any atom is 0.188 e. The lowest BCUT2D eigenvalue weighted by atomic mass is 10.3. The Bertz CT molecular complexity index is 419. The van der Waals surface area contributed by atoms with Crippen molar-refractivity contribution in [1.82, 2.24) is 5.32 Å². The quantitative estimate of drug-likeness (QED) is 0.607. The zero-order valence-electron chi connectivity index (χ0n) is 12.0. The number of hydrogen-bond donors (Lipinski definition) is 2. The second-order valence-electron chi connectivity index (χ2n) is 4.60. The second kappa shape index (κ2) is 7.51. The van der Waals surface area contributed by atoms with E-state index in [4.69, 9.17) is 15.2 Å². The number of nitrogens with zero attached hydrogens (tertiary/aromatic N) is 1. The molecule has 0 aliphatic rings. The summed E-state index contributed by atoms with van der Waals surface area (Å²) in [6, 6.07) is 7.81. The molecule has 1 aromatic rings. The molecule has 0 radical (unpaired) electrons. The Morgan fingerprint density at radius 3 is 2.47 bits per heavy atom. The third-order valence-electron chi connectivity index (χ3n) is 2.35. The highest BCUT2D eigenvalue weighted by Crippen LogP contribution is 2.26. The molecule has 106 valence electrons. The van der Waals surface area contributed by atoms with Gasteiger partial charge in [-0.3, -0.25) is 0 Å². The molecule has 1 atom stereocenters. The van der Waals surface area contributed by atoms with E-state index in [1.807, 2.05) is 45.0 Å². The number of nitrogens with two attached hydrogens (primary N) is 1. The molecule has 1 unspecified atom stereocenters. The van der Waals surface area contributed by atoms with E-state index in [1.165, 1.54) is 0 Å². The van der Waals surface area contributed by atoms with Gasteiger partial charge in [0.25, 0.3) is 0 Å². The summed E-state index contributed by atoms with van der Waals surface area (Å²) in [6.45, 7) is 6.45. The van der Waals surface area contributed by atoms with E-state index < -0.39 is 0 Å². The summed E-state index contributed by atoms with van der Waals surface area (Å²) in [7, 11) is 1.62. The van der Waals surface area contributed by atoms with E-state index >= 15 is 0 Å². The molecule has 5 heteroatoms. The minimum Gasteiger partial charge on any atom is -0.493 e. The van der Waals surface area contributed by atoms with Crippen LogP contribution in [0, 0.1) is 0 Å². The van der Waals surface area contributed by atoms with E-state index in [9.17, 15) is 0 Å². The number of rotatable bonds is 6. The zero-order chi connectivity index (χ0) is 14.3. The van der Waals surface area contributed by atoms with Gasteiger partial charge in [0.2, 0.25) is 0 Å². The lowest BCUT2D eigenvalue weighted by Gasteiger charge is -2.16. The molecule has 3 N–H and O–H groups in total. The normalized spacial score (nSPS) is 13.2. The zero-order valence-corrected chi connectivity index (χ0v) is 12.0. The third-order valence-corrected chi connectivity index (χ3v) is 2.35. The maximum absolute atomic E-state index is 5.78. The number of nitrogens with one attached hydrogen (secondary N) is 1. The standard InChI is InChI=1S/C14H23N3O2/c1-10(2)17-14(15)16-9-11(3)19-13-8-6-5-7-12(13)18-4/h5-8,10-11H,9H2,1-4H3,(H3,15,16,17). The van der Waals surface area contributed by atoms with Crippen LogP contribution in [0.3, 0.4) is 0 Å². The average molecular weight is 265 g/mol. The van der Waals surface area contributed by atoms with Crippen LogP contribution in [0.1, 0.15) is 20.8 Å². The second-order valence-corrected chi connectivity index (χ2v) is 4.60. The van der Waals surface area contributed by atoms with Crippen molar-refractivity contribution < 1.29 is 9.47 Å². The highest BCUT2D eigenvalue weighted by molar-refractivity contribution is 5.78. The molecule has 0 fully saturated rings. The van der Waals surface area contributed by atoms with Crippen LogP contribution < -0.4 is 20.5 Å². The number of ether oxygens (including phenoxy) is 2. The number of aliphatic imine (C=N–C) groups is 1. The Morgan fingerprint density at radius 1 is 1.26 bits per heavy atom. The summed E-state index contributed by atoms with van der Waals surface area (Å²) in [5.41, 5.74) is 5.73. The molecule has 0 aliphatic carbocycles. The molecule has 0 aliphatic heterocycles. The van der Waals surface area contributed by atoms with Crippen molar-refractivity contribution in [2.45, 2.75) is 32.9 Å². The lowest BCUT2D eigenvalue weighted by Crippen LogP contribution is -2.37. The van der Waals surface area contributed by atoms with Crippen LogP contribution in [-0.2, 0) is 0 Å². The van der Waals surface area contributed by atoms with Gasteiger partial charge in [0.1, 0.15) is 6.10 Å². The first-order valence-corrected chi connectivity index (χ1v) is 6.39. The number of para-hydroxylation sites is 2. The molecule has 1 rings (SSSR count). The molecule has 0 amide bonds. The van der Waals surface area contributed by atoms with Crippen molar-refractivity contribution in [2.24, 2.45) is 10.7 Å². The van der Waals surface area contributed by atoms with Crippen LogP contribution in [0.5, 0.6) is 11.5 Å². The molecule has 0 saturated carbocycles. The van der Waals surface area contributed by atoms with Gasteiger partial charge in [-0.1, -0.05) is 12.1 Å². The smallest absolute Gasteiger partial charge is 0.188 e. The number of benzene rings is 1. The molecule has 0 aromatic heterocycles. The highest BCUT2D eigenvalue weighted by atomic mass is 16.5. The lowest BCUT2D eigenvalue weighted by molar-refractivity contribution is 0.219. The summed E-state index contributed by atoms with van der Waals surface area (Å²) < 4.78 is 11.0. The average Bonchev–Trinajstić information content (AvgIpc) is 2.36. The van der Waals surface area contributed by atoms with Gasteiger partial charge in [0.05, 0.1) is 13.7 Å². The Kier molecular flexibility index (Phi) is 5.99. The predicted molar refractivity (Wildman–Crippen MR) is 77.8 cm³/mol. The van der Waals surface area contributed by atoms with Gasteiger partial charge in [-0.15, -0.1) is 0 Å². The fourth-order valence-corrected chi connectivity index (χ4v) is 1.54. The Hall–Kier alpha value is -1.91. The van der Waals surface area contributed by atoms with Gasteiger partial charge in [-0.2, -0.15) is 0 Å². The third kappa shape index (κ3) is 5.50. The van der Waals surface area contributed by atoms with Crippen molar-refractivity contribution in [3.05, 3.63) is 24.3 Å². The monoisotopic (exact) mass is 265 g/mol. The molecule has 1 aromatic carbocycles. The molecular formula is C14H23N3O2. The van der Waals surface area contributed by atoms with Crippen molar-refractivity contribution in [3.63, 3.8) is 0 Å². The van der Waals surface area contributed by atoms with E-state index in [0.29, 0.717) is 24.0 Å². The molecular weight excluding hydrogens is 242 g/mol. The first-order chi connectivity index (χ1) is 9.02. The van der Waals surface area contributed by atoms with Gasteiger partial charge >= 0.3 is 0 Å². The van der Waals surface area contributed by atoms with Crippen LogP contribution in [0.4, 0.5) is 0 Å². The molecule has 0 bridgehead atoms. The molecule has 0 spiro atoms. The van der Waals surface area contributed by atoms with Crippen molar-refractivity contribution in [1.29, 1.82) is 0 Å². The van der Waals surface area contributed by atoms with Crippen molar-refractivity contribution >= 4 is 5.96 Å². The summed E-state index contributed by atoms with van der Waals surface area (Å²) in [4.78, 5) is 4.23. The van der Waals surface area contributed by atoms with Crippen LogP contribution in [-0.4, -0.2) is 31.8 Å². The largest absolute Gasteiger partial charge is 0.493 e. The Morgan fingerprint density at radius 2 is 1.89 bits per heavy atom. The first-order valence-electron chi connectivity index (χ1n) is 6.39. The van der Waals surface area contributed by atoms with Gasteiger partial charge in [-0.25, -0.2) is 4.99 Å². The summed E-state index contributed by atoms with van der Waals surface area (Å²) in [5, 5.41) is 3.03. The summed E-state index contributed by atoms with van der Waals surface area (Å²) >= 11 is 0. The maximum atomic E-state index is 5.78. The van der Waals surface area contributed by atoms with Gasteiger partial charge in [0.15, 0.2) is 17.5 Å². The van der Waals surface area contributed by atoms with Crippen molar-refractivity contribution in [2.75, 3.05) is 13.7 Å². The minimum absolute atomic E-state index is 0.0798. The highest BCUT2D eigenvalue weighted by Gasteiger charge is 2.08. The molecule has 19 heavy (non-hydrogen) atoms. The number of methoxy groups -OCH3 is 1. The van der Waals surface area contributed by atoms with E-state index in [1.54, 1.807) is 7.11 Å². The van der Waals surface area contributed by atoms with E-state index in [2.05, 4.69) is 10.3 Å². The van der Waals surface area contributed by atoms with Crippen LogP contribution >= 0.6 is 0 Å². The Balaban J connectivity index is 2.53. The Labute approximate surface area is 114 Å². The molecule has 0 heterocycles. The van der Waals surface area contributed by atoms with Gasteiger partial charge in [-0.05, 0) is 32.9 Å². The first kappa shape index (κ1) is 15.1. The van der Waals surface area contributed by atoms with Gasteiger partial charge in [0, 0.05) is 6.04 Å². The minimum atomic E-state index is -0.0798. The van der Waals surface area contributed by atoms with Crippen molar-refractivity contribution in [3.8, 4) is 11.5 Å². The fourth-order valence-electron chi connectivity index (χ4n) is 1.54. The van der Waals surface area contributed by atoms with E-state index in [-0.39, 0.29) is 12.1 Å². The number of hydrogen-bond acceptors (Lipinski definition) is 3. The summed E-state index contributed by atoms with van der Waals surface area (Å²) in [6.07, 6.45) is -0.0798. The molecule has 5 nitrogen and oxygen atoms in total.